The number of carbonyl (C=O) groups excluding carboxylic acids is 2. The molecule has 1 saturated heterocycles. The molecule has 2 heterocycles. The largest absolute Gasteiger partial charge is 0.493 e. The topological polar surface area (TPSA) is 79.9 Å². The Balaban J connectivity index is 1.44. The SMILES string of the molecule is COc1ccc(CC2CN(C(=O)c3ccc4c(c3)CCC(=O)N4)CCN2)cc1OC. The molecule has 0 saturated carbocycles. The summed E-state index contributed by atoms with van der Waals surface area (Å²) in [5.74, 6) is 1.48. The Labute approximate surface area is 176 Å². The fourth-order valence-corrected chi connectivity index (χ4v) is 4.14. The Bertz CT molecular complexity index is 959. The number of rotatable bonds is 5. The Morgan fingerprint density at radius 3 is 2.73 bits per heavy atom. The van der Waals surface area contributed by atoms with Gasteiger partial charge in [-0.15, -0.1) is 0 Å². The second-order valence-electron chi connectivity index (χ2n) is 7.72. The molecule has 0 spiro atoms. The van der Waals surface area contributed by atoms with Crippen LogP contribution < -0.4 is 20.1 Å². The predicted molar refractivity (Wildman–Crippen MR) is 114 cm³/mol. The van der Waals surface area contributed by atoms with E-state index in [2.05, 4.69) is 10.6 Å². The summed E-state index contributed by atoms with van der Waals surface area (Å²) in [5.41, 5.74) is 3.65. The number of nitrogens with zero attached hydrogens (tertiary/aromatic N) is 1. The van der Waals surface area contributed by atoms with Crippen molar-refractivity contribution in [1.29, 1.82) is 0 Å². The number of benzene rings is 2. The molecule has 0 aromatic heterocycles. The summed E-state index contributed by atoms with van der Waals surface area (Å²) in [7, 11) is 3.25. The van der Waals surface area contributed by atoms with E-state index < -0.39 is 0 Å². The number of fused-ring (bicyclic) bond motifs is 1. The average molecular weight is 409 g/mol. The first-order chi connectivity index (χ1) is 14.6. The summed E-state index contributed by atoms with van der Waals surface area (Å²) in [6.45, 7) is 2.07. The van der Waals surface area contributed by atoms with E-state index in [-0.39, 0.29) is 17.9 Å². The van der Waals surface area contributed by atoms with Crippen LogP contribution in [0.2, 0.25) is 0 Å². The average Bonchev–Trinajstić information content (AvgIpc) is 2.78. The zero-order valence-corrected chi connectivity index (χ0v) is 17.4. The number of piperazine rings is 1. The van der Waals surface area contributed by atoms with Gasteiger partial charge in [-0.3, -0.25) is 9.59 Å². The first-order valence-corrected chi connectivity index (χ1v) is 10.2. The summed E-state index contributed by atoms with van der Waals surface area (Å²) in [6, 6.07) is 11.6. The minimum absolute atomic E-state index is 0.0293. The quantitative estimate of drug-likeness (QED) is 0.792. The highest BCUT2D eigenvalue weighted by molar-refractivity contribution is 5.98. The second-order valence-corrected chi connectivity index (χ2v) is 7.72. The highest BCUT2D eigenvalue weighted by atomic mass is 16.5. The van der Waals surface area contributed by atoms with Crippen molar-refractivity contribution in [3.8, 4) is 11.5 Å². The predicted octanol–water partition coefficient (Wildman–Crippen LogP) is 2.25. The number of nitrogens with one attached hydrogen (secondary N) is 2. The van der Waals surface area contributed by atoms with Crippen LogP contribution in [-0.2, 0) is 17.6 Å². The highest BCUT2D eigenvalue weighted by Crippen LogP contribution is 2.28. The molecule has 2 aromatic carbocycles. The van der Waals surface area contributed by atoms with Gasteiger partial charge in [-0.05, 0) is 54.3 Å². The summed E-state index contributed by atoms with van der Waals surface area (Å²) in [6.07, 6.45) is 1.93. The molecule has 0 radical (unpaired) electrons. The van der Waals surface area contributed by atoms with Crippen molar-refractivity contribution in [2.75, 3.05) is 39.2 Å². The second kappa shape index (κ2) is 8.75. The third-order valence-corrected chi connectivity index (χ3v) is 5.72. The van der Waals surface area contributed by atoms with Crippen LogP contribution >= 0.6 is 0 Å². The molecule has 0 bridgehead atoms. The molecule has 1 unspecified atom stereocenters. The Morgan fingerprint density at radius 1 is 1.10 bits per heavy atom. The molecule has 2 amide bonds. The van der Waals surface area contributed by atoms with Crippen molar-refractivity contribution < 1.29 is 19.1 Å². The van der Waals surface area contributed by atoms with Gasteiger partial charge in [0.05, 0.1) is 14.2 Å². The monoisotopic (exact) mass is 409 g/mol. The number of aryl methyl sites for hydroxylation is 1. The minimum Gasteiger partial charge on any atom is -0.493 e. The Morgan fingerprint density at radius 2 is 1.93 bits per heavy atom. The number of hydrogen-bond donors (Lipinski definition) is 2. The zero-order chi connectivity index (χ0) is 21.1. The Kier molecular flexibility index (Phi) is 5.90. The van der Waals surface area contributed by atoms with Crippen molar-refractivity contribution in [3.63, 3.8) is 0 Å². The van der Waals surface area contributed by atoms with Crippen LogP contribution in [0, 0.1) is 0 Å². The van der Waals surface area contributed by atoms with E-state index in [9.17, 15) is 9.59 Å². The number of anilines is 1. The molecular weight excluding hydrogens is 382 g/mol. The zero-order valence-electron chi connectivity index (χ0n) is 17.4. The third-order valence-electron chi connectivity index (χ3n) is 5.72. The lowest BCUT2D eigenvalue weighted by Crippen LogP contribution is -2.53. The van der Waals surface area contributed by atoms with Crippen LogP contribution in [-0.4, -0.2) is 56.6 Å². The summed E-state index contributed by atoms with van der Waals surface area (Å²) >= 11 is 0. The van der Waals surface area contributed by atoms with Crippen molar-refractivity contribution in [2.45, 2.75) is 25.3 Å². The van der Waals surface area contributed by atoms with Crippen LogP contribution in [0.4, 0.5) is 5.69 Å². The molecule has 0 aliphatic carbocycles. The molecule has 2 aliphatic heterocycles. The number of carbonyl (C=O) groups is 2. The number of hydrogen-bond acceptors (Lipinski definition) is 5. The lowest BCUT2D eigenvalue weighted by molar-refractivity contribution is -0.116. The first-order valence-electron chi connectivity index (χ1n) is 10.2. The van der Waals surface area contributed by atoms with Crippen molar-refractivity contribution in [1.82, 2.24) is 10.2 Å². The van der Waals surface area contributed by atoms with Crippen LogP contribution in [0.1, 0.15) is 27.9 Å². The van der Waals surface area contributed by atoms with Gasteiger partial charge in [-0.1, -0.05) is 6.07 Å². The maximum atomic E-state index is 13.1. The summed E-state index contributed by atoms with van der Waals surface area (Å²) in [5, 5.41) is 6.38. The number of methoxy groups -OCH3 is 2. The molecule has 7 heteroatoms. The smallest absolute Gasteiger partial charge is 0.253 e. The van der Waals surface area contributed by atoms with Gasteiger partial charge in [0, 0.05) is 43.3 Å². The molecule has 2 aliphatic rings. The minimum atomic E-state index is 0.0293. The van der Waals surface area contributed by atoms with Crippen LogP contribution in [0.15, 0.2) is 36.4 Å². The van der Waals surface area contributed by atoms with Crippen molar-refractivity contribution in [2.24, 2.45) is 0 Å². The van der Waals surface area contributed by atoms with E-state index in [0.717, 1.165) is 29.8 Å². The standard InChI is InChI=1S/C23H27N3O4/c1-29-20-7-3-15(12-21(20)30-2)11-18-14-26(10-9-24-18)23(28)17-4-6-19-16(13-17)5-8-22(27)25-19/h3-4,6-7,12-13,18,24H,5,8-11,14H2,1-2H3,(H,25,27). The maximum Gasteiger partial charge on any atom is 0.253 e. The van der Waals surface area contributed by atoms with E-state index in [1.165, 1.54) is 0 Å². The molecule has 7 nitrogen and oxygen atoms in total. The summed E-state index contributed by atoms with van der Waals surface area (Å²) in [4.78, 5) is 26.6. The van der Waals surface area contributed by atoms with Crippen molar-refractivity contribution >= 4 is 17.5 Å². The molecule has 1 fully saturated rings. The fraction of sp³-hybridized carbons (Fsp3) is 0.391. The van der Waals surface area contributed by atoms with Gasteiger partial charge in [-0.2, -0.15) is 0 Å². The van der Waals surface area contributed by atoms with Crippen molar-refractivity contribution in [3.05, 3.63) is 53.1 Å². The third kappa shape index (κ3) is 4.26. The number of ether oxygens (including phenoxy) is 2. The van der Waals surface area contributed by atoms with E-state index in [1.807, 2.05) is 35.2 Å². The van der Waals surface area contributed by atoms with E-state index in [0.29, 0.717) is 43.0 Å². The van der Waals surface area contributed by atoms with Gasteiger partial charge in [0.15, 0.2) is 11.5 Å². The van der Waals surface area contributed by atoms with Gasteiger partial charge < -0.3 is 25.0 Å². The maximum absolute atomic E-state index is 13.1. The highest BCUT2D eigenvalue weighted by Gasteiger charge is 2.25. The molecule has 4 rings (SSSR count). The molecule has 158 valence electrons. The molecule has 1 atom stereocenters. The van der Waals surface area contributed by atoms with Gasteiger partial charge >= 0.3 is 0 Å². The van der Waals surface area contributed by atoms with Crippen LogP contribution in [0.25, 0.3) is 0 Å². The van der Waals surface area contributed by atoms with Gasteiger partial charge in [0.25, 0.3) is 5.91 Å². The lowest BCUT2D eigenvalue weighted by atomic mass is 9.99. The van der Waals surface area contributed by atoms with E-state index in [4.69, 9.17) is 9.47 Å². The molecule has 2 N–H and O–H groups in total. The van der Waals surface area contributed by atoms with Gasteiger partial charge in [0.2, 0.25) is 5.91 Å². The molecule has 2 aromatic rings. The van der Waals surface area contributed by atoms with E-state index >= 15 is 0 Å². The first kappa shape index (κ1) is 20.2. The lowest BCUT2D eigenvalue weighted by Gasteiger charge is -2.34. The fourth-order valence-electron chi connectivity index (χ4n) is 4.14. The van der Waals surface area contributed by atoms with E-state index in [1.54, 1.807) is 20.3 Å². The van der Waals surface area contributed by atoms with Gasteiger partial charge in [-0.25, -0.2) is 0 Å². The summed E-state index contributed by atoms with van der Waals surface area (Å²) < 4.78 is 10.7. The Hall–Kier alpha value is -3.06. The number of amides is 2. The van der Waals surface area contributed by atoms with Crippen LogP contribution in [0.5, 0.6) is 11.5 Å². The van der Waals surface area contributed by atoms with Crippen LogP contribution in [0.3, 0.4) is 0 Å². The van der Waals surface area contributed by atoms with Gasteiger partial charge in [0.1, 0.15) is 0 Å². The normalized spacial score (nSPS) is 18.4. The molecule has 30 heavy (non-hydrogen) atoms. The molecular formula is C23H27N3O4.